The third-order valence-electron chi connectivity index (χ3n) is 4.40. The molecule has 5 heteroatoms. The fourth-order valence-corrected chi connectivity index (χ4v) is 3.05. The third kappa shape index (κ3) is 4.25. The van der Waals surface area contributed by atoms with Gasteiger partial charge in [-0.1, -0.05) is 6.08 Å². The number of rotatable bonds is 6. The van der Waals surface area contributed by atoms with Crippen molar-refractivity contribution in [1.82, 2.24) is 4.90 Å². The van der Waals surface area contributed by atoms with E-state index in [4.69, 9.17) is 14.2 Å². The van der Waals surface area contributed by atoms with E-state index in [-0.39, 0.29) is 12.0 Å². The van der Waals surface area contributed by atoms with Crippen LogP contribution in [0.25, 0.3) is 6.08 Å². The van der Waals surface area contributed by atoms with Crippen LogP contribution in [0.1, 0.15) is 35.3 Å². The summed E-state index contributed by atoms with van der Waals surface area (Å²) in [6.45, 7) is 4.96. The van der Waals surface area contributed by atoms with Gasteiger partial charge in [-0.05, 0) is 61.9 Å². The van der Waals surface area contributed by atoms with E-state index in [1.54, 1.807) is 43.3 Å². The van der Waals surface area contributed by atoms with Crippen LogP contribution < -0.4 is 14.2 Å². The molecule has 0 radical (unpaired) electrons. The normalized spacial score (nSPS) is 14.9. The van der Waals surface area contributed by atoms with Gasteiger partial charge in [0.25, 0.3) is 5.91 Å². The molecular formula is C22H25NO4. The molecule has 2 aromatic carbocycles. The highest BCUT2D eigenvalue weighted by Gasteiger charge is 2.19. The van der Waals surface area contributed by atoms with Crippen LogP contribution in [-0.4, -0.2) is 37.7 Å². The summed E-state index contributed by atoms with van der Waals surface area (Å²) < 4.78 is 16.8. The first-order chi connectivity index (χ1) is 13.0. The second-order valence-electron chi connectivity index (χ2n) is 6.52. The summed E-state index contributed by atoms with van der Waals surface area (Å²) in [5.74, 6) is 2.16. The molecule has 3 rings (SSSR count). The number of hydrogen-bond acceptors (Lipinski definition) is 4. The number of methoxy groups -OCH3 is 1. The maximum Gasteiger partial charge on any atom is 0.253 e. The number of carbonyl (C=O) groups excluding carboxylic acids is 1. The van der Waals surface area contributed by atoms with Gasteiger partial charge in [-0.15, -0.1) is 0 Å². The first kappa shape index (κ1) is 18.8. The highest BCUT2D eigenvalue weighted by Crippen LogP contribution is 2.37. The monoisotopic (exact) mass is 367 g/mol. The van der Waals surface area contributed by atoms with Crippen LogP contribution in [0.3, 0.4) is 0 Å². The molecule has 0 aromatic heterocycles. The van der Waals surface area contributed by atoms with Crippen LogP contribution in [0, 0.1) is 0 Å². The molecule has 0 saturated heterocycles. The van der Waals surface area contributed by atoms with Crippen LogP contribution in [0.4, 0.5) is 0 Å². The fourth-order valence-electron chi connectivity index (χ4n) is 3.05. The van der Waals surface area contributed by atoms with Crippen molar-refractivity contribution in [2.75, 3.05) is 20.8 Å². The van der Waals surface area contributed by atoms with Gasteiger partial charge in [0.1, 0.15) is 11.9 Å². The topological polar surface area (TPSA) is 48.0 Å². The largest absolute Gasteiger partial charge is 0.497 e. The van der Waals surface area contributed by atoms with Crippen molar-refractivity contribution >= 4 is 12.0 Å². The molecule has 0 saturated carbocycles. The van der Waals surface area contributed by atoms with Gasteiger partial charge in [0.15, 0.2) is 11.5 Å². The average Bonchev–Trinajstić information content (AvgIpc) is 2.68. The zero-order chi connectivity index (χ0) is 19.4. The molecule has 5 nitrogen and oxygen atoms in total. The van der Waals surface area contributed by atoms with Crippen molar-refractivity contribution in [2.45, 2.75) is 26.5 Å². The first-order valence-corrected chi connectivity index (χ1v) is 9.06. The maximum atomic E-state index is 12.7. The van der Waals surface area contributed by atoms with Crippen LogP contribution in [0.15, 0.2) is 42.5 Å². The average molecular weight is 367 g/mol. The summed E-state index contributed by atoms with van der Waals surface area (Å²) in [7, 11) is 3.40. The van der Waals surface area contributed by atoms with Crippen molar-refractivity contribution < 1.29 is 19.0 Å². The smallest absolute Gasteiger partial charge is 0.253 e. The molecule has 0 fully saturated rings. The zero-order valence-corrected chi connectivity index (χ0v) is 16.2. The fraction of sp³-hybridized carbons (Fsp3) is 0.318. The summed E-state index contributed by atoms with van der Waals surface area (Å²) in [5, 5.41) is 0. The van der Waals surface area contributed by atoms with Crippen LogP contribution >= 0.6 is 0 Å². The van der Waals surface area contributed by atoms with Gasteiger partial charge in [-0.2, -0.15) is 0 Å². The predicted molar refractivity (Wildman–Crippen MR) is 106 cm³/mol. The number of carbonyl (C=O) groups is 1. The minimum absolute atomic E-state index is 0.0156. The minimum atomic E-state index is -0.0475. The number of amides is 1. The molecule has 1 atom stereocenters. The summed E-state index contributed by atoms with van der Waals surface area (Å²) in [5.41, 5.74) is 2.59. The molecular weight excluding hydrogens is 342 g/mol. The Morgan fingerprint density at radius 1 is 1.22 bits per heavy atom. The lowest BCUT2D eigenvalue weighted by Crippen LogP contribution is -2.26. The molecule has 1 unspecified atom stereocenters. The highest BCUT2D eigenvalue weighted by atomic mass is 16.5. The van der Waals surface area contributed by atoms with Crippen molar-refractivity contribution in [2.24, 2.45) is 0 Å². The Hall–Kier alpha value is -2.95. The van der Waals surface area contributed by atoms with Crippen LogP contribution in [0.5, 0.6) is 17.2 Å². The molecule has 1 aliphatic rings. The van der Waals surface area contributed by atoms with Crippen molar-refractivity contribution in [1.29, 1.82) is 0 Å². The van der Waals surface area contributed by atoms with Gasteiger partial charge >= 0.3 is 0 Å². The lowest BCUT2D eigenvalue weighted by Gasteiger charge is -2.23. The molecule has 0 spiro atoms. The third-order valence-corrected chi connectivity index (χ3v) is 4.40. The number of benzene rings is 2. The van der Waals surface area contributed by atoms with E-state index in [9.17, 15) is 4.79 Å². The Kier molecular flexibility index (Phi) is 5.69. The zero-order valence-electron chi connectivity index (χ0n) is 16.2. The summed E-state index contributed by atoms with van der Waals surface area (Å²) in [6, 6.07) is 11.1. The molecule has 0 aliphatic carbocycles. The Balaban J connectivity index is 1.81. The Bertz CT molecular complexity index is 842. The molecule has 0 bridgehead atoms. The quantitative estimate of drug-likeness (QED) is 0.769. The highest BCUT2D eigenvalue weighted by molar-refractivity contribution is 5.94. The van der Waals surface area contributed by atoms with Gasteiger partial charge in [-0.3, -0.25) is 4.79 Å². The molecule has 1 amide bonds. The van der Waals surface area contributed by atoms with E-state index >= 15 is 0 Å². The Labute approximate surface area is 160 Å². The number of ether oxygens (including phenoxy) is 3. The van der Waals surface area contributed by atoms with Gasteiger partial charge in [-0.25, -0.2) is 0 Å². The number of hydrogen-bond donors (Lipinski definition) is 0. The molecule has 27 heavy (non-hydrogen) atoms. The molecule has 1 heterocycles. The second-order valence-corrected chi connectivity index (χ2v) is 6.52. The van der Waals surface area contributed by atoms with Gasteiger partial charge in [0, 0.05) is 24.7 Å². The van der Waals surface area contributed by atoms with Crippen LogP contribution in [-0.2, 0) is 6.54 Å². The SMILES string of the molecule is CCOc1cc(CN(C)C(=O)c2ccc(OC)cc2)cc2c1OC(C)C=C2. The van der Waals surface area contributed by atoms with Crippen LogP contribution in [0.2, 0.25) is 0 Å². The molecule has 0 N–H and O–H groups in total. The Morgan fingerprint density at radius 2 is 1.96 bits per heavy atom. The van der Waals surface area contributed by atoms with Gasteiger partial charge < -0.3 is 19.1 Å². The summed E-state index contributed by atoms with van der Waals surface area (Å²) in [6.07, 6.45) is 4.07. The van der Waals surface area contributed by atoms with Gasteiger partial charge in [0.05, 0.1) is 13.7 Å². The van der Waals surface area contributed by atoms with Crippen molar-refractivity contribution in [3.63, 3.8) is 0 Å². The summed E-state index contributed by atoms with van der Waals surface area (Å²) >= 11 is 0. The summed E-state index contributed by atoms with van der Waals surface area (Å²) in [4.78, 5) is 14.4. The van der Waals surface area contributed by atoms with E-state index in [1.807, 2.05) is 38.1 Å². The second kappa shape index (κ2) is 8.16. The lowest BCUT2D eigenvalue weighted by molar-refractivity contribution is 0.0785. The molecule has 1 aliphatic heterocycles. The van der Waals surface area contributed by atoms with E-state index in [1.165, 1.54) is 0 Å². The van der Waals surface area contributed by atoms with E-state index in [2.05, 4.69) is 0 Å². The predicted octanol–water partition coefficient (Wildman–Crippen LogP) is 4.16. The maximum absolute atomic E-state index is 12.7. The van der Waals surface area contributed by atoms with E-state index < -0.39 is 0 Å². The molecule has 2 aromatic rings. The lowest BCUT2D eigenvalue weighted by atomic mass is 10.0. The standard InChI is InChI=1S/C22H25NO4/c1-5-26-20-13-16(12-18-7-6-15(2)27-21(18)20)14-23(3)22(24)17-8-10-19(25-4)11-9-17/h6-13,15H,5,14H2,1-4H3. The van der Waals surface area contributed by atoms with Crippen molar-refractivity contribution in [3.8, 4) is 17.2 Å². The molecule has 142 valence electrons. The van der Waals surface area contributed by atoms with Gasteiger partial charge in [0.2, 0.25) is 0 Å². The van der Waals surface area contributed by atoms with E-state index in [0.717, 1.165) is 22.6 Å². The number of fused-ring (bicyclic) bond motifs is 1. The first-order valence-electron chi connectivity index (χ1n) is 9.06. The minimum Gasteiger partial charge on any atom is -0.497 e. The van der Waals surface area contributed by atoms with E-state index in [0.29, 0.717) is 24.5 Å². The Morgan fingerprint density at radius 3 is 2.63 bits per heavy atom. The van der Waals surface area contributed by atoms with Crippen molar-refractivity contribution in [3.05, 3.63) is 59.2 Å². The number of nitrogens with zero attached hydrogens (tertiary/aromatic N) is 1.